The van der Waals surface area contributed by atoms with Crippen molar-refractivity contribution in [2.45, 2.75) is 6.92 Å². The van der Waals surface area contributed by atoms with Crippen molar-refractivity contribution in [1.82, 2.24) is 0 Å². The van der Waals surface area contributed by atoms with Gasteiger partial charge in [-0.2, -0.15) is 0 Å². The fraction of sp³-hybridized carbons (Fsp3) is 0.133. The standard InChI is InChI=1S/C15H14F2N2O2/c1-2-21-12-6-3-10(4-7-12)18-15(20)19-11-5-8-13(16)14(17)9-11/h3-9H,2H2,1H3,(H2,18,19,20). The van der Waals surface area contributed by atoms with Gasteiger partial charge in [0.2, 0.25) is 0 Å². The maximum atomic E-state index is 13.0. The lowest BCUT2D eigenvalue weighted by molar-refractivity contribution is 0.262. The van der Waals surface area contributed by atoms with E-state index in [1.807, 2.05) is 6.92 Å². The number of benzene rings is 2. The highest BCUT2D eigenvalue weighted by atomic mass is 19.2. The smallest absolute Gasteiger partial charge is 0.323 e. The van der Waals surface area contributed by atoms with E-state index in [2.05, 4.69) is 10.6 Å². The molecule has 4 nitrogen and oxygen atoms in total. The molecular formula is C15H14F2N2O2. The number of anilines is 2. The van der Waals surface area contributed by atoms with E-state index in [1.165, 1.54) is 6.07 Å². The summed E-state index contributed by atoms with van der Waals surface area (Å²) in [7, 11) is 0. The van der Waals surface area contributed by atoms with Crippen LogP contribution < -0.4 is 15.4 Å². The summed E-state index contributed by atoms with van der Waals surface area (Å²) in [4.78, 5) is 11.7. The molecule has 0 aliphatic rings. The number of rotatable bonds is 4. The Morgan fingerprint density at radius 3 is 2.24 bits per heavy atom. The summed E-state index contributed by atoms with van der Waals surface area (Å²) in [5.41, 5.74) is 0.718. The molecular weight excluding hydrogens is 278 g/mol. The normalized spacial score (nSPS) is 10.0. The predicted molar refractivity (Wildman–Crippen MR) is 76.6 cm³/mol. The number of urea groups is 1. The highest BCUT2D eigenvalue weighted by Gasteiger charge is 2.06. The first-order chi connectivity index (χ1) is 10.1. The third-order valence-electron chi connectivity index (χ3n) is 2.60. The Hall–Kier alpha value is -2.63. The molecule has 0 aliphatic carbocycles. The summed E-state index contributed by atoms with van der Waals surface area (Å²) in [5.74, 6) is -1.29. The van der Waals surface area contributed by atoms with Crippen molar-refractivity contribution in [2.24, 2.45) is 0 Å². The first-order valence-electron chi connectivity index (χ1n) is 6.34. The van der Waals surface area contributed by atoms with Gasteiger partial charge in [-0.25, -0.2) is 13.6 Å². The van der Waals surface area contributed by atoms with Gasteiger partial charge in [0.25, 0.3) is 0 Å². The van der Waals surface area contributed by atoms with Crippen LogP contribution >= 0.6 is 0 Å². The van der Waals surface area contributed by atoms with E-state index in [-0.39, 0.29) is 5.69 Å². The monoisotopic (exact) mass is 292 g/mol. The summed E-state index contributed by atoms with van der Waals surface area (Å²) >= 11 is 0. The van der Waals surface area contributed by atoms with Gasteiger partial charge in [-0.3, -0.25) is 0 Å². The van der Waals surface area contributed by atoms with Crippen molar-refractivity contribution >= 4 is 17.4 Å². The first-order valence-corrected chi connectivity index (χ1v) is 6.34. The van der Waals surface area contributed by atoms with E-state index >= 15 is 0 Å². The lowest BCUT2D eigenvalue weighted by Crippen LogP contribution is -2.19. The molecule has 0 atom stereocenters. The van der Waals surface area contributed by atoms with E-state index in [1.54, 1.807) is 24.3 Å². The Kier molecular flexibility index (Phi) is 4.71. The van der Waals surface area contributed by atoms with Crippen LogP contribution in [0.2, 0.25) is 0 Å². The second-order valence-corrected chi connectivity index (χ2v) is 4.17. The van der Waals surface area contributed by atoms with Gasteiger partial charge in [0.15, 0.2) is 11.6 Å². The van der Waals surface area contributed by atoms with E-state index in [0.717, 1.165) is 12.1 Å². The molecule has 0 aromatic heterocycles. The van der Waals surface area contributed by atoms with Gasteiger partial charge >= 0.3 is 6.03 Å². The molecule has 2 aromatic carbocycles. The molecule has 0 bridgehead atoms. The van der Waals surface area contributed by atoms with E-state index in [4.69, 9.17) is 4.74 Å². The van der Waals surface area contributed by atoms with Gasteiger partial charge in [0.1, 0.15) is 5.75 Å². The average molecular weight is 292 g/mol. The minimum Gasteiger partial charge on any atom is -0.494 e. The van der Waals surface area contributed by atoms with Crippen molar-refractivity contribution in [3.05, 3.63) is 54.1 Å². The number of hydrogen-bond acceptors (Lipinski definition) is 2. The number of halogens is 2. The van der Waals surface area contributed by atoms with Crippen molar-refractivity contribution in [2.75, 3.05) is 17.2 Å². The quantitative estimate of drug-likeness (QED) is 0.894. The molecule has 0 aliphatic heterocycles. The second-order valence-electron chi connectivity index (χ2n) is 4.17. The highest BCUT2D eigenvalue weighted by molar-refractivity contribution is 5.99. The van der Waals surface area contributed by atoms with Crippen LogP contribution in [0.15, 0.2) is 42.5 Å². The second kappa shape index (κ2) is 6.69. The molecule has 2 rings (SSSR count). The van der Waals surface area contributed by atoms with Gasteiger partial charge in [0.05, 0.1) is 6.61 Å². The Morgan fingerprint density at radius 2 is 1.62 bits per heavy atom. The minimum atomic E-state index is -1.02. The molecule has 0 fully saturated rings. The number of carbonyl (C=O) groups excluding carboxylic acids is 1. The SMILES string of the molecule is CCOc1ccc(NC(=O)Nc2ccc(F)c(F)c2)cc1. The molecule has 21 heavy (non-hydrogen) atoms. The molecule has 0 saturated heterocycles. The number of ether oxygens (including phenoxy) is 1. The molecule has 0 saturated carbocycles. The van der Waals surface area contributed by atoms with Crippen LogP contribution in [-0.2, 0) is 0 Å². The largest absolute Gasteiger partial charge is 0.494 e. The zero-order valence-corrected chi connectivity index (χ0v) is 11.3. The summed E-state index contributed by atoms with van der Waals surface area (Å²) in [6.07, 6.45) is 0. The van der Waals surface area contributed by atoms with Crippen LogP contribution in [0.25, 0.3) is 0 Å². The summed E-state index contributed by atoms with van der Waals surface area (Å²) in [6.45, 7) is 2.44. The molecule has 2 amide bonds. The maximum absolute atomic E-state index is 13.0. The molecule has 2 N–H and O–H groups in total. The number of hydrogen-bond donors (Lipinski definition) is 2. The number of carbonyl (C=O) groups is 1. The lowest BCUT2D eigenvalue weighted by atomic mass is 10.3. The van der Waals surface area contributed by atoms with Crippen LogP contribution in [0.1, 0.15) is 6.92 Å². The molecule has 0 heterocycles. The lowest BCUT2D eigenvalue weighted by Gasteiger charge is -2.09. The van der Waals surface area contributed by atoms with Crippen molar-refractivity contribution in [1.29, 1.82) is 0 Å². The van der Waals surface area contributed by atoms with Crippen molar-refractivity contribution in [3.63, 3.8) is 0 Å². The maximum Gasteiger partial charge on any atom is 0.323 e. The van der Waals surface area contributed by atoms with E-state index in [0.29, 0.717) is 18.0 Å². The van der Waals surface area contributed by atoms with Gasteiger partial charge in [-0.05, 0) is 43.3 Å². The molecule has 0 spiro atoms. The van der Waals surface area contributed by atoms with E-state index in [9.17, 15) is 13.6 Å². The Bertz CT molecular complexity index is 630. The van der Waals surface area contributed by atoms with Crippen molar-refractivity contribution in [3.8, 4) is 5.75 Å². The number of amides is 2. The van der Waals surface area contributed by atoms with Gasteiger partial charge < -0.3 is 15.4 Å². The molecule has 110 valence electrons. The summed E-state index contributed by atoms with van der Waals surface area (Å²) in [6, 6.07) is 9.37. The zero-order valence-electron chi connectivity index (χ0n) is 11.3. The predicted octanol–water partition coefficient (Wildman–Crippen LogP) is 4.01. The van der Waals surface area contributed by atoms with Gasteiger partial charge in [0, 0.05) is 17.4 Å². The van der Waals surface area contributed by atoms with Crippen LogP contribution in [0.4, 0.5) is 25.0 Å². The minimum absolute atomic E-state index is 0.164. The third kappa shape index (κ3) is 4.17. The van der Waals surface area contributed by atoms with Crippen LogP contribution in [0.5, 0.6) is 5.75 Å². The van der Waals surface area contributed by atoms with Gasteiger partial charge in [-0.1, -0.05) is 0 Å². The topological polar surface area (TPSA) is 50.4 Å². The molecule has 2 aromatic rings. The van der Waals surface area contributed by atoms with Crippen LogP contribution in [-0.4, -0.2) is 12.6 Å². The van der Waals surface area contributed by atoms with Gasteiger partial charge in [-0.15, -0.1) is 0 Å². The fourth-order valence-electron chi connectivity index (χ4n) is 1.67. The molecule has 0 unspecified atom stereocenters. The summed E-state index contributed by atoms with van der Waals surface area (Å²) in [5, 5.41) is 4.98. The Labute approximate surface area is 120 Å². The Balaban J connectivity index is 1.96. The zero-order chi connectivity index (χ0) is 15.2. The third-order valence-corrected chi connectivity index (χ3v) is 2.60. The molecule has 6 heteroatoms. The molecule has 0 radical (unpaired) electrons. The van der Waals surface area contributed by atoms with Crippen LogP contribution in [0.3, 0.4) is 0 Å². The summed E-state index contributed by atoms with van der Waals surface area (Å²) < 4.78 is 31.1. The van der Waals surface area contributed by atoms with E-state index < -0.39 is 17.7 Å². The average Bonchev–Trinajstić information content (AvgIpc) is 2.45. The first kappa shape index (κ1) is 14.8. The van der Waals surface area contributed by atoms with Crippen LogP contribution in [0, 0.1) is 11.6 Å². The Morgan fingerprint density at radius 1 is 1.00 bits per heavy atom. The number of nitrogens with one attached hydrogen (secondary N) is 2. The highest BCUT2D eigenvalue weighted by Crippen LogP contribution is 2.17. The fourth-order valence-corrected chi connectivity index (χ4v) is 1.67. The van der Waals surface area contributed by atoms with Crippen molar-refractivity contribution < 1.29 is 18.3 Å².